The second kappa shape index (κ2) is 11.1. The highest BCUT2D eigenvalue weighted by molar-refractivity contribution is 7.89. The maximum absolute atomic E-state index is 12.3. The molecular formula is C19H24ClN3O7S. The van der Waals surface area contributed by atoms with E-state index in [0.29, 0.717) is 11.4 Å². The quantitative estimate of drug-likeness (QED) is 0.437. The number of urea groups is 1. The standard InChI is InChI=1S/C19H24ClN3O7S/c1-3-14-17(18(25)29-4-2)15(23-19(26)22-14)11-30-16(24)9-10-21-31(27,28)13-7-5-12(20)6-8-13/h5-8,14,21H,3-4,9-11H2,1-2H3,(H2,22,23,26)/t14-/m0/s1. The molecule has 1 atom stereocenters. The van der Waals surface area contributed by atoms with Crippen LogP contribution in [0.25, 0.3) is 0 Å². The van der Waals surface area contributed by atoms with E-state index in [0.717, 1.165) is 0 Å². The molecule has 0 unspecified atom stereocenters. The Hall–Kier alpha value is -2.63. The third-order valence-electron chi connectivity index (χ3n) is 4.27. The van der Waals surface area contributed by atoms with Crippen LogP contribution in [0.4, 0.5) is 4.79 Å². The first kappa shape index (κ1) is 24.6. The lowest BCUT2D eigenvalue weighted by Gasteiger charge is -2.28. The fraction of sp³-hybridized carbons (Fsp3) is 0.421. The fourth-order valence-corrected chi connectivity index (χ4v) is 3.94. The van der Waals surface area contributed by atoms with Crippen LogP contribution in [0.1, 0.15) is 26.7 Å². The minimum atomic E-state index is -3.80. The van der Waals surface area contributed by atoms with E-state index < -0.39 is 34.0 Å². The van der Waals surface area contributed by atoms with Crippen LogP contribution in [-0.4, -0.2) is 52.2 Å². The van der Waals surface area contributed by atoms with Gasteiger partial charge in [-0.1, -0.05) is 18.5 Å². The van der Waals surface area contributed by atoms with Gasteiger partial charge in [0, 0.05) is 11.6 Å². The van der Waals surface area contributed by atoms with Gasteiger partial charge >= 0.3 is 18.0 Å². The number of ether oxygens (including phenoxy) is 2. The summed E-state index contributed by atoms with van der Waals surface area (Å²) in [5, 5.41) is 5.47. The normalized spacial score (nSPS) is 16.4. The molecule has 1 heterocycles. The number of rotatable bonds is 10. The van der Waals surface area contributed by atoms with E-state index in [1.54, 1.807) is 13.8 Å². The Morgan fingerprint density at radius 2 is 1.84 bits per heavy atom. The number of amides is 2. The van der Waals surface area contributed by atoms with Crippen LogP contribution in [0.3, 0.4) is 0 Å². The van der Waals surface area contributed by atoms with Crippen LogP contribution in [0.5, 0.6) is 0 Å². The second-order valence-electron chi connectivity index (χ2n) is 6.43. The lowest BCUT2D eigenvalue weighted by atomic mass is 10.0. The summed E-state index contributed by atoms with van der Waals surface area (Å²) in [4.78, 5) is 36.1. The number of carbonyl (C=O) groups is 3. The monoisotopic (exact) mass is 473 g/mol. The highest BCUT2D eigenvalue weighted by Gasteiger charge is 2.32. The third kappa shape index (κ3) is 6.94. The summed E-state index contributed by atoms with van der Waals surface area (Å²) in [6.07, 6.45) is 0.184. The Morgan fingerprint density at radius 3 is 2.45 bits per heavy atom. The van der Waals surface area contributed by atoms with Crippen molar-refractivity contribution in [3.8, 4) is 0 Å². The van der Waals surface area contributed by atoms with Gasteiger partial charge in [0.15, 0.2) is 0 Å². The highest BCUT2D eigenvalue weighted by Crippen LogP contribution is 2.17. The van der Waals surface area contributed by atoms with Gasteiger partial charge in [-0.2, -0.15) is 0 Å². The minimum absolute atomic E-state index is 0.0116. The maximum Gasteiger partial charge on any atom is 0.338 e. The Kier molecular flexibility index (Phi) is 8.84. The minimum Gasteiger partial charge on any atom is -0.463 e. The first-order valence-corrected chi connectivity index (χ1v) is 11.4. The van der Waals surface area contributed by atoms with Crippen molar-refractivity contribution in [2.45, 2.75) is 37.6 Å². The van der Waals surface area contributed by atoms with Crippen molar-refractivity contribution >= 4 is 39.6 Å². The first-order valence-electron chi connectivity index (χ1n) is 9.56. The Bertz CT molecular complexity index is 961. The zero-order chi connectivity index (χ0) is 23.0. The molecule has 0 aliphatic carbocycles. The average Bonchev–Trinajstić information content (AvgIpc) is 2.72. The number of halogens is 1. The molecule has 2 amide bonds. The van der Waals surface area contributed by atoms with Gasteiger partial charge in [0.1, 0.15) is 6.61 Å². The fourth-order valence-electron chi connectivity index (χ4n) is 2.78. The van der Waals surface area contributed by atoms with Gasteiger partial charge in [-0.25, -0.2) is 22.7 Å². The van der Waals surface area contributed by atoms with Gasteiger partial charge in [0.05, 0.1) is 35.2 Å². The van der Waals surface area contributed by atoms with E-state index in [9.17, 15) is 22.8 Å². The molecule has 0 radical (unpaired) electrons. The number of sulfonamides is 1. The molecule has 2 rings (SSSR count). The molecule has 170 valence electrons. The Morgan fingerprint density at radius 1 is 1.16 bits per heavy atom. The third-order valence-corrected chi connectivity index (χ3v) is 6.00. The van der Waals surface area contributed by atoms with Crippen LogP contribution in [-0.2, 0) is 29.1 Å². The Balaban J connectivity index is 1.95. The number of carbonyl (C=O) groups excluding carboxylic acids is 3. The zero-order valence-corrected chi connectivity index (χ0v) is 18.6. The molecule has 1 aliphatic rings. The molecule has 0 saturated heterocycles. The smallest absolute Gasteiger partial charge is 0.338 e. The number of benzene rings is 1. The largest absolute Gasteiger partial charge is 0.463 e. The van der Waals surface area contributed by atoms with Gasteiger partial charge in [0.25, 0.3) is 0 Å². The van der Waals surface area contributed by atoms with Gasteiger partial charge in [-0.3, -0.25) is 4.79 Å². The number of hydrogen-bond acceptors (Lipinski definition) is 7. The lowest BCUT2D eigenvalue weighted by molar-refractivity contribution is -0.143. The summed E-state index contributed by atoms with van der Waals surface area (Å²) in [5.41, 5.74) is 0.310. The average molecular weight is 474 g/mol. The molecule has 1 aromatic rings. The van der Waals surface area contributed by atoms with Crippen molar-refractivity contribution in [3.05, 3.63) is 40.6 Å². The van der Waals surface area contributed by atoms with Crippen LogP contribution in [0, 0.1) is 0 Å². The summed E-state index contributed by atoms with van der Waals surface area (Å²) < 4.78 is 36.8. The van der Waals surface area contributed by atoms with Crippen LogP contribution < -0.4 is 15.4 Å². The van der Waals surface area contributed by atoms with Crippen molar-refractivity contribution in [1.29, 1.82) is 0 Å². The molecule has 0 fully saturated rings. The number of nitrogens with one attached hydrogen (secondary N) is 3. The highest BCUT2D eigenvalue weighted by atomic mass is 35.5. The van der Waals surface area contributed by atoms with Gasteiger partial charge in [0.2, 0.25) is 10.0 Å². The van der Waals surface area contributed by atoms with E-state index in [2.05, 4.69) is 15.4 Å². The van der Waals surface area contributed by atoms with E-state index in [4.69, 9.17) is 21.1 Å². The summed E-state index contributed by atoms with van der Waals surface area (Å²) in [7, 11) is -3.80. The van der Waals surface area contributed by atoms with Crippen molar-refractivity contribution in [2.24, 2.45) is 0 Å². The van der Waals surface area contributed by atoms with Crippen molar-refractivity contribution in [1.82, 2.24) is 15.4 Å². The summed E-state index contributed by atoms with van der Waals surface area (Å²) in [6, 6.07) is 4.47. The molecule has 0 aromatic heterocycles. The summed E-state index contributed by atoms with van der Waals surface area (Å²) >= 11 is 5.74. The molecule has 0 spiro atoms. The molecule has 1 aliphatic heterocycles. The predicted molar refractivity (Wildman–Crippen MR) is 112 cm³/mol. The SMILES string of the molecule is CCOC(=O)C1=C(COC(=O)CCNS(=O)(=O)c2ccc(Cl)cc2)NC(=O)N[C@H]1CC. The lowest BCUT2D eigenvalue weighted by Crippen LogP contribution is -2.51. The van der Waals surface area contributed by atoms with Gasteiger partial charge in [-0.05, 0) is 37.6 Å². The summed E-state index contributed by atoms with van der Waals surface area (Å²) in [6.45, 7) is 3.03. The maximum atomic E-state index is 12.3. The first-order chi connectivity index (χ1) is 14.7. The van der Waals surface area contributed by atoms with E-state index in [-0.39, 0.29) is 42.3 Å². The topological polar surface area (TPSA) is 140 Å². The van der Waals surface area contributed by atoms with Crippen LogP contribution >= 0.6 is 11.6 Å². The van der Waals surface area contributed by atoms with Crippen molar-refractivity contribution in [3.63, 3.8) is 0 Å². The molecule has 3 N–H and O–H groups in total. The molecule has 1 aromatic carbocycles. The number of esters is 2. The van der Waals surface area contributed by atoms with E-state index >= 15 is 0 Å². The Labute approximate surface area is 185 Å². The zero-order valence-electron chi connectivity index (χ0n) is 17.1. The number of hydrogen-bond donors (Lipinski definition) is 3. The van der Waals surface area contributed by atoms with Crippen molar-refractivity contribution < 1.29 is 32.3 Å². The molecule has 12 heteroatoms. The summed E-state index contributed by atoms with van der Waals surface area (Å²) in [5.74, 6) is -1.33. The van der Waals surface area contributed by atoms with Gasteiger partial charge < -0.3 is 20.1 Å². The second-order valence-corrected chi connectivity index (χ2v) is 8.64. The molecule has 0 saturated carbocycles. The molecule has 31 heavy (non-hydrogen) atoms. The van der Waals surface area contributed by atoms with Crippen molar-refractivity contribution in [2.75, 3.05) is 19.8 Å². The van der Waals surface area contributed by atoms with Crippen LogP contribution in [0.2, 0.25) is 5.02 Å². The van der Waals surface area contributed by atoms with E-state index in [1.807, 2.05) is 0 Å². The van der Waals surface area contributed by atoms with E-state index in [1.165, 1.54) is 24.3 Å². The predicted octanol–water partition coefficient (Wildman–Crippen LogP) is 1.46. The molecule has 10 nitrogen and oxygen atoms in total. The van der Waals surface area contributed by atoms with Crippen LogP contribution in [0.15, 0.2) is 40.4 Å². The van der Waals surface area contributed by atoms with Gasteiger partial charge in [-0.15, -0.1) is 0 Å². The molecular weight excluding hydrogens is 450 g/mol. The molecule has 0 bridgehead atoms.